The van der Waals surface area contributed by atoms with Crippen LogP contribution >= 0.6 is 0 Å². The molecule has 2 nitrogen and oxygen atoms in total. The van der Waals surface area contributed by atoms with Gasteiger partial charge in [0.05, 0.1) is 19.4 Å². The molecule has 1 N–H and O–H groups in total. The van der Waals surface area contributed by atoms with E-state index in [9.17, 15) is 9.50 Å². The third kappa shape index (κ3) is 3.51. The molecule has 3 heteroatoms. The Morgan fingerprint density at radius 3 is 2.80 bits per heavy atom. The van der Waals surface area contributed by atoms with Gasteiger partial charge in [0.25, 0.3) is 0 Å². The van der Waals surface area contributed by atoms with Crippen molar-refractivity contribution in [1.29, 1.82) is 0 Å². The topological polar surface area (TPSA) is 29.5 Å². The quantitative estimate of drug-likeness (QED) is 0.760. The van der Waals surface area contributed by atoms with Crippen molar-refractivity contribution in [3.05, 3.63) is 29.3 Å². The summed E-state index contributed by atoms with van der Waals surface area (Å²) in [5.74, 6) is 0.643. The molecule has 1 aromatic carbocycles. The zero-order valence-electron chi connectivity index (χ0n) is 9.16. The number of hydrogen-bond acceptors (Lipinski definition) is 2. The van der Waals surface area contributed by atoms with Crippen molar-refractivity contribution in [2.45, 2.75) is 26.4 Å². The Balaban J connectivity index is 2.77. The lowest BCUT2D eigenvalue weighted by molar-refractivity contribution is 0.190. The lowest BCUT2D eigenvalue weighted by atomic mass is 10.1. The Bertz CT molecular complexity index is 310. The zero-order chi connectivity index (χ0) is 11.3. The van der Waals surface area contributed by atoms with Crippen LogP contribution in [0.4, 0.5) is 4.39 Å². The minimum Gasteiger partial charge on any atom is -0.493 e. The third-order valence-electron chi connectivity index (χ3n) is 2.15. The van der Waals surface area contributed by atoms with Gasteiger partial charge in [-0.25, -0.2) is 0 Å². The molecule has 0 saturated carbocycles. The molecule has 0 bridgehead atoms. The van der Waals surface area contributed by atoms with Gasteiger partial charge in [-0.15, -0.1) is 0 Å². The molecule has 0 aliphatic carbocycles. The second kappa shape index (κ2) is 5.71. The van der Waals surface area contributed by atoms with E-state index in [2.05, 4.69) is 0 Å². The molecule has 1 rings (SSSR count). The molecule has 0 amide bonds. The van der Waals surface area contributed by atoms with E-state index in [1.807, 2.05) is 25.1 Å². The molecule has 1 atom stereocenters. The maximum absolute atomic E-state index is 11.9. The first-order valence-electron chi connectivity index (χ1n) is 5.12. The molecule has 0 saturated heterocycles. The highest BCUT2D eigenvalue weighted by molar-refractivity contribution is 5.38. The highest BCUT2D eigenvalue weighted by atomic mass is 19.1. The summed E-state index contributed by atoms with van der Waals surface area (Å²) in [5.41, 5.74) is 1.83. The maximum Gasteiger partial charge on any atom is 0.125 e. The van der Waals surface area contributed by atoms with Crippen LogP contribution in [-0.4, -0.2) is 18.4 Å². The lowest BCUT2D eigenvalue weighted by Crippen LogP contribution is -2.03. The largest absolute Gasteiger partial charge is 0.493 e. The van der Waals surface area contributed by atoms with Crippen LogP contribution in [0, 0.1) is 6.92 Å². The van der Waals surface area contributed by atoms with Crippen molar-refractivity contribution < 1.29 is 14.2 Å². The smallest absolute Gasteiger partial charge is 0.125 e. The van der Waals surface area contributed by atoms with E-state index < -0.39 is 6.10 Å². The van der Waals surface area contributed by atoms with E-state index >= 15 is 0 Å². The average Bonchev–Trinajstić information content (AvgIpc) is 2.20. The first-order valence-corrected chi connectivity index (χ1v) is 5.12. The number of alkyl halides is 1. The standard InChI is InChI=1S/C12H17FO2/c1-9-4-5-12(15-7-3-6-13)11(8-9)10(2)14/h4-5,8,10,14H,3,6-7H2,1-2H3. The second-order valence-electron chi connectivity index (χ2n) is 3.61. The maximum atomic E-state index is 11.9. The van der Waals surface area contributed by atoms with E-state index in [4.69, 9.17) is 4.74 Å². The van der Waals surface area contributed by atoms with Gasteiger partial charge in [0.1, 0.15) is 5.75 Å². The van der Waals surface area contributed by atoms with Gasteiger partial charge < -0.3 is 9.84 Å². The number of hydrogen-bond donors (Lipinski definition) is 1. The van der Waals surface area contributed by atoms with Crippen molar-refractivity contribution in [1.82, 2.24) is 0 Å². The van der Waals surface area contributed by atoms with E-state index in [0.717, 1.165) is 11.1 Å². The van der Waals surface area contributed by atoms with Crippen LogP contribution in [0.1, 0.15) is 30.6 Å². The summed E-state index contributed by atoms with van der Waals surface area (Å²) < 4.78 is 17.3. The molecule has 0 radical (unpaired) electrons. The molecule has 1 aromatic rings. The third-order valence-corrected chi connectivity index (χ3v) is 2.15. The van der Waals surface area contributed by atoms with Crippen LogP contribution in [-0.2, 0) is 0 Å². The lowest BCUT2D eigenvalue weighted by Gasteiger charge is -2.13. The van der Waals surface area contributed by atoms with Crippen molar-refractivity contribution in [3.63, 3.8) is 0 Å². The number of aliphatic hydroxyl groups excluding tert-OH is 1. The van der Waals surface area contributed by atoms with Gasteiger partial charge in [-0.2, -0.15) is 0 Å². The van der Waals surface area contributed by atoms with Gasteiger partial charge in [0.15, 0.2) is 0 Å². The van der Waals surface area contributed by atoms with E-state index in [1.165, 1.54) is 0 Å². The summed E-state index contributed by atoms with van der Waals surface area (Å²) in [6.45, 7) is 3.61. The fraction of sp³-hybridized carbons (Fsp3) is 0.500. The summed E-state index contributed by atoms with van der Waals surface area (Å²) >= 11 is 0. The molecular weight excluding hydrogens is 195 g/mol. The first kappa shape index (κ1) is 12.0. The fourth-order valence-electron chi connectivity index (χ4n) is 1.36. The Labute approximate surface area is 89.7 Å². The second-order valence-corrected chi connectivity index (χ2v) is 3.61. The SMILES string of the molecule is Cc1ccc(OCCCF)c(C(C)O)c1. The van der Waals surface area contributed by atoms with Crippen LogP contribution in [0.5, 0.6) is 5.75 Å². The minimum absolute atomic E-state index is 0.347. The molecule has 1 unspecified atom stereocenters. The molecule has 0 spiro atoms. The van der Waals surface area contributed by atoms with Gasteiger partial charge in [-0.1, -0.05) is 11.6 Å². The molecule has 0 fully saturated rings. The fourth-order valence-corrected chi connectivity index (χ4v) is 1.36. The van der Waals surface area contributed by atoms with E-state index in [-0.39, 0.29) is 6.67 Å². The molecule has 0 aliphatic rings. The summed E-state index contributed by atoms with van der Waals surface area (Å²) in [6, 6.07) is 5.61. The Morgan fingerprint density at radius 1 is 1.47 bits per heavy atom. The van der Waals surface area contributed by atoms with Gasteiger partial charge in [0.2, 0.25) is 0 Å². The molecule has 84 valence electrons. The molecular formula is C12H17FO2. The van der Waals surface area contributed by atoms with Crippen molar-refractivity contribution >= 4 is 0 Å². The predicted octanol–water partition coefficient (Wildman–Crippen LogP) is 2.79. The summed E-state index contributed by atoms with van der Waals surface area (Å²) in [5, 5.41) is 9.53. The molecule has 0 heterocycles. The number of aryl methyl sites for hydroxylation is 1. The molecule has 15 heavy (non-hydrogen) atoms. The first-order chi connectivity index (χ1) is 7.15. The normalized spacial score (nSPS) is 12.5. The van der Waals surface area contributed by atoms with Crippen molar-refractivity contribution in [2.24, 2.45) is 0 Å². The number of ether oxygens (including phenoxy) is 1. The molecule has 0 aliphatic heterocycles. The highest BCUT2D eigenvalue weighted by Crippen LogP contribution is 2.26. The minimum atomic E-state index is -0.565. The van der Waals surface area contributed by atoms with E-state index in [0.29, 0.717) is 18.8 Å². The Morgan fingerprint density at radius 2 is 2.20 bits per heavy atom. The number of halogens is 1. The van der Waals surface area contributed by atoms with Gasteiger partial charge in [0, 0.05) is 12.0 Å². The number of aliphatic hydroxyl groups is 1. The van der Waals surface area contributed by atoms with Crippen molar-refractivity contribution in [3.8, 4) is 5.75 Å². The monoisotopic (exact) mass is 212 g/mol. The van der Waals surface area contributed by atoms with Gasteiger partial charge in [-0.05, 0) is 26.0 Å². The Kier molecular flexibility index (Phi) is 4.56. The van der Waals surface area contributed by atoms with Crippen LogP contribution in [0.25, 0.3) is 0 Å². The van der Waals surface area contributed by atoms with Crippen LogP contribution in [0.3, 0.4) is 0 Å². The zero-order valence-corrected chi connectivity index (χ0v) is 9.16. The number of rotatable bonds is 5. The van der Waals surface area contributed by atoms with E-state index in [1.54, 1.807) is 6.92 Å². The average molecular weight is 212 g/mol. The van der Waals surface area contributed by atoms with Crippen molar-refractivity contribution in [2.75, 3.05) is 13.3 Å². The summed E-state index contributed by atoms with van der Waals surface area (Å²) in [4.78, 5) is 0. The van der Waals surface area contributed by atoms with Crippen LogP contribution < -0.4 is 4.74 Å². The summed E-state index contributed by atoms with van der Waals surface area (Å²) in [7, 11) is 0. The van der Waals surface area contributed by atoms with Crippen LogP contribution in [0.15, 0.2) is 18.2 Å². The highest BCUT2D eigenvalue weighted by Gasteiger charge is 2.08. The van der Waals surface area contributed by atoms with Crippen LogP contribution in [0.2, 0.25) is 0 Å². The molecule has 0 aromatic heterocycles. The number of benzene rings is 1. The van der Waals surface area contributed by atoms with Gasteiger partial charge in [-0.3, -0.25) is 4.39 Å². The van der Waals surface area contributed by atoms with Gasteiger partial charge >= 0.3 is 0 Å². The Hall–Kier alpha value is -1.09. The summed E-state index contributed by atoms with van der Waals surface area (Å²) in [6.07, 6.45) is -0.182. The predicted molar refractivity (Wildman–Crippen MR) is 57.9 cm³/mol.